The van der Waals surface area contributed by atoms with Crippen LogP contribution in [0.4, 0.5) is 0 Å². The van der Waals surface area contributed by atoms with Crippen molar-refractivity contribution in [1.82, 2.24) is 5.32 Å². The van der Waals surface area contributed by atoms with Crippen LogP contribution in [0.2, 0.25) is 0 Å². The van der Waals surface area contributed by atoms with Gasteiger partial charge in [-0.15, -0.1) is 0 Å². The first kappa shape index (κ1) is 21.2. The molecule has 0 heterocycles. The van der Waals surface area contributed by atoms with Crippen molar-refractivity contribution in [2.75, 3.05) is 13.2 Å². The molecule has 5 heteroatoms. The summed E-state index contributed by atoms with van der Waals surface area (Å²) in [7, 11) is 0. The fourth-order valence-corrected chi connectivity index (χ4v) is 3.03. The van der Waals surface area contributed by atoms with Crippen molar-refractivity contribution in [3.05, 3.63) is 83.9 Å². The van der Waals surface area contributed by atoms with Gasteiger partial charge < -0.3 is 19.5 Å². The Morgan fingerprint density at radius 1 is 0.833 bits per heavy atom. The van der Waals surface area contributed by atoms with E-state index in [0.717, 1.165) is 11.3 Å². The SMILES string of the molecule is CCOc1ccc(C(C)NC(=O)c2cccc(Oc3ccccc3)c2)cc1OCC. The summed E-state index contributed by atoms with van der Waals surface area (Å²) in [6.07, 6.45) is 0. The fourth-order valence-electron chi connectivity index (χ4n) is 3.03. The van der Waals surface area contributed by atoms with Gasteiger partial charge in [0.1, 0.15) is 11.5 Å². The number of hydrogen-bond donors (Lipinski definition) is 1. The maximum atomic E-state index is 12.8. The highest BCUT2D eigenvalue weighted by Crippen LogP contribution is 2.31. The third kappa shape index (κ3) is 5.54. The number of amides is 1. The van der Waals surface area contributed by atoms with E-state index in [1.165, 1.54) is 0 Å². The molecule has 3 aromatic rings. The molecule has 5 nitrogen and oxygen atoms in total. The molecule has 3 rings (SSSR count). The molecular formula is C25H27NO4. The van der Waals surface area contributed by atoms with E-state index in [0.29, 0.717) is 36.0 Å². The summed E-state index contributed by atoms with van der Waals surface area (Å²) in [5, 5.41) is 3.03. The van der Waals surface area contributed by atoms with Crippen molar-refractivity contribution in [2.45, 2.75) is 26.8 Å². The topological polar surface area (TPSA) is 56.8 Å². The van der Waals surface area contributed by atoms with Crippen molar-refractivity contribution >= 4 is 5.91 Å². The molecule has 3 aromatic carbocycles. The smallest absolute Gasteiger partial charge is 0.251 e. The van der Waals surface area contributed by atoms with E-state index in [4.69, 9.17) is 14.2 Å². The molecule has 0 saturated heterocycles. The predicted molar refractivity (Wildman–Crippen MR) is 118 cm³/mol. The molecule has 0 fully saturated rings. The van der Waals surface area contributed by atoms with Crippen molar-refractivity contribution in [3.8, 4) is 23.0 Å². The van der Waals surface area contributed by atoms with Gasteiger partial charge in [-0.05, 0) is 68.8 Å². The van der Waals surface area contributed by atoms with Crippen LogP contribution in [0, 0.1) is 0 Å². The number of carbonyl (C=O) groups is 1. The van der Waals surface area contributed by atoms with Crippen molar-refractivity contribution < 1.29 is 19.0 Å². The molecule has 0 saturated carbocycles. The zero-order valence-corrected chi connectivity index (χ0v) is 17.6. The van der Waals surface area contributed by atoms with Gasteiger partial charge in [0.2, 0.25) is 0 Å². The van der Waals surface area contributed by atoms with Crippen molar-refractivity contribution in [3.63, 3.8) is 0 Å². The molecule has 0 aliphatic rings. The number of rotatable bonds is 9. The van der Waals surface area contributed by atoms with Crippen molar-refractivity contribution in [1.29, 1.82) is 0 Å². The summed E-state index contributed by atoms with van der Waals surface area (Å²) in [6, 6.07) is 22.1. The van der Waals surface area contributed by atoms with E-state index >= 15 is 0 Å². The quantitative estimate of drug-likeness (QED) is 0.491. The molecule has 0 radical (unpaired) electrons. The molecule has 1 atom stereocenters. The number of para-hydroxylation sites is 1. The molecule has 1 amide bonds. The average Bonchev–Trinajstić information content (AvgIpc) is 2.76. The second kappa shape index (κ2) is 10.3. The van der Waals surface area contributed by atoms with E-state index in [1.807, 2.05) is 81.4 Å². The molecule has 0 aliphatic heterocycles. The van der Waals surface area contributed by atoms with Crippen LogP contribution in [-0.2, 0) is 0 Å². The first-order chi connectivity index (χ1) is 14.6. The van der Waals surface area contributed by atoms with E-state index in [2.05, 4.69) is 5.32 Å². The maximum absolute atomic E-state index is 12.8. The average molecular weight is 405 g/mol. The molecular weight excluding hydrogens is 378 g/mol. The molecule has 30 heavy (non-hydrogen) atoms. The first-order valence-electron chi connectivity index (χ1n) is 10.1. The number of hydrogen-bond acceptors (Lipinski definition) is 4. The van der Waals surface area contributed by atoms with E-state index < -0.39 is 0 Å². The van der Waals surface area contributed by atoms with Crippen LogP contribution in [0.1, 0.15) is 42.7 Å². The van der Waals surface area contributed by atoms with Crippen LogP contribution in [0.15, 0.2) is 72.8 Å². The Morgan fingerprint density at radius 3 is 2.27 bits per heavy atom. The monoisotopic (exact) mass is 405 g/mol. The number of nitrogens with one attached hydrogen (secondary N) is 1. The Hall–Kier alpha value is -3.47. The molecule has 1 N–H and O–H groups in total. The third-order valence-electron chi connectivity index (χ3n) is 4.49. The Bertz CT molecular complexity index is 972. The molecule has 0 aromatic heterocycles. The maximum Gasteiger partial charge on any atom is 0.251 e. The van der Waals surface area contributed by atoms with E-state index in [1.54, 1.807) is 12.1 Å². The van der Waals surface area contributed by atoms with Crippen LogP contribution in [-0.4, -0.2) is 19.1 Å². The Kier molecular flexibility index (Phi) is 7.33. The van der Waals surface area contributed by atoms with E-state index in [9.17, 15) is 4.79 Å². The Morgan fingerprint density at radius 2 is 1.53 bits per heavy atom. The van der Waals surface area contributed by atoms with Gasteiger partial charge in [-0.25, -0.2) is 0 Å². The zero-order valence-electron chi connectivity index (χ0n) is 17.6. The molecule has 0 aliphatic carbocycles. The highest BCUT2D eigenvalue weighted by atomic mass is 16.5. The van der Waals surface area contributed by atoms with Crippen LogP contribution in [0.3, 0.4) is 0 Å². The molecule has 1 unspecified atom stereocenters. The minimum atomic E-state index is -0.203. The molecule has 0 spiro atoms. The second-order valence-corrected chi connectivity index (χ2v) is 6.71. The second-order valence-electron chi connectivity index (χ2n) is 6.71. The number of benzene rings is 3. The minimum absolute atomic E-state index is 0.173. The summed E-state index contributed by atoms with van der Waals surface area (Å²) in [5.41, 5.74) is 1.47. The summed E-state index contributed by atoms with van der Waals surface area (Å²) >= 11 is 0. The summed E-state index contributed by atoms with van der Waals surface area (Å²) in [5.74, 6) is 2.54. The van der Waals surface area contributed by atoms with Gasteiger partial charge in [0.15, 0.2) is 11.5 Å². The van der Waals surface area contributed by atoms with Gasteiger partial charge in [-0.2, -0.15) is 0 Å². The minimum Gasteiger partial charge on any atom is -0.490 e. The molecule has 156 valence electrons. The summed E-state index contributed by atoms with van der Waals surface area (Å²) < 4.78 is 17.1. The van der Waals surface area contributed by atoms with Gasteiger partial charge >= 0.3 is 0 Å². The first-order valence-corrected chi connectivity index (χ1v) is 10.1. The number of ether oxygens (including phenoxy) is 3. The lowest BCUT2D eigenvalue weighted by atomic mass is 10.1. The lowest BCUT2D eigenvalue weighted by molar-refractivity contribution is 0.0939. The van der Waals surface area contributed by atoms with E-state index in [-0.39, 0.29) is 11.9 Å². The van der Waals surface area contributed by atoms with Gasteiger partial charge in [0.05, 0.1) is 19.3 Å². The summed E-state index contributed by atoms with van der Waals surface area (Å²) in [4.78, 5) is 12.8. The predicted octanol–water partition coefficient (Wildman–Crippen LogP) is 5.77. The summed E-state index contributed by atoms with van der Waals surface area (Å²) in [6.45, 7) is 6.90. The largest absolute Gasteiger partial charge is 0.490 e. The lowest BCUT2D eigenvalue weighted by Crippen LogP contribution is -2.26. The van der Waals surface area contributed by atoms with Gasteiger partial charge in [0, 0.05) is 5.56 Å². The standard InChI is InChI=1S/C25H27NO4/c1-4-28-23-15-14-19(17-24(23)29-5-2)18(3)26-25(27)20-10-9-13-22(16-20)30-21-11-7-6-8-12-21/h6-18H,4-5H2,1-3H3,(H,26,27). The van der Waals surface area contributed by atoms with Crippen molar-refractivity contribution in [2.24, 2.45) is 0 Å². The van der Waals surface area contributed by atoms with Crippen LogP contribution in [0.25, 0.3) is 0 Å². The third-order valence-corrected chi connectivity index (χ3v) is 4.49. The van der Waals surface area contributed by atoms with Crippen LogP contribution >= 0.6 is 0 Å². The normalized spacial score (nSPS) is 11.4. The highest BCUT2D eigenvalue weighted by molar-refractivity contribution is 5.94. The van der Waals surface area contributed by atoms with Gasteiger partial charge in [0.25, 0.3) is 5.91 Å². The van der Waals surface area contributed by atoms with Crippen LogP contribution in [0.5, 0.6) is 23.0 Å². The van der Waals surface area contributed by atoms with Gasteiger partial charge in [-0.1, -0.05) is 30.3 Å². The Labute approximate surface area is 177 Å². The lowest BCUT2D eigenvalue weighted by Gasteiger charge is -2.18. The Balaban J connectivity index is 1.71. The zero-order chi connectivity index (χ0) is 21.3. The van der Waals surface area contributed by atoms with Gasteiger partial charge in [-0.3, -0.25) is 4.79 Å². The van der Waals surface area contributed by atoms with Crippen LogP contribution < -0.4 is 19.5 Å². The molecule has 0 bridgehead atoms. The highest BCUT2D eigenvalue weighted by Gasteiger charge is 2.15. The number of carbonyl (C=O) groups excluding carboxylic acids is 1. The fraction of sp³-hybridized carbons (Fsp3) is 0.240.